The summed E-state index contributed by atoms with van der Waals surface area (Å²) < 4.78 is 0. The van der Waals surface area contributed by atoms with Crippen LogP contribution in [0.1, 0.15) is 20.8 Å². The van der Waals surface area contributed by atoms with Crippen molar-refractivity contribution in [3.05, 3.63) is 48.0 Å². The van der Waals surface area contributed by atoms with E-state index in [-0.39, 0.29) is 11.6 Å². The van der Waals surface area contributed by atoms with Crippen molar-refractivity contribution in [3.63, 3.8) is 0 Å². The van der Waals surface area contributed by atoms with Gasteiger partial charge in [-0.1, -0.05) is 0 Å². The van der Waals surface area contributed by atoms with Gasteiger partial charge in [0, 0.05) is 18.6 Å². The fourth-order valence-corrected chi connectivity index (χ4v) is 1.26. The molecule has 0 aliphatic rings. The average Bonchev–Trinajstić information content (AvgIpc) is 2.82. The highest BCUT2D eigenvalue weighted by molar-refractivity contribution is 6.04. The fraction of sp³-hybridized carbons (Fsp3) is 0. The minimum absolute atomic E-state index is 0.0943. The lowest BCUT2D eigenvalue weighted by Crippen LogP contribution is -2.12. The zero-order valence-electron chi connectivity index (χ0n) is 8.68. The molecule has 0 radical (unpaired) electrons. The molecule has 2 aromatic heterocycles. The van der Waals surface area contributed by atoms with Crippen molar-refractivity contribution in [2.24, 2.45) is 0 Å². The molecule has 0 bridgehead atoms. The van der Waals surface area contributed by atoms with Crippen molar-refractivity contribution in [2.45, 2.75) is 0 Å². The summed E-state index contributed by atoms with van der Waals surface area (Å²) in [7, 11) is 0. The van der Waals surface area contributed by atoms with E-state index in [0.717, 1.165) is 0 Å². The summed E-state index contributed by atoms with van der Waals surface area (Å²) >= 11 is 0. The first kappa shape index (κ1) is 10.9. The number of aromatic carboxylic acids is 1. The molecule has 86 valence electrons. The molecule has 0 atom stereocenters. The van der Waals surface area contributed by atoms with Crippen molar-refractivity contribution in [1.29, 1.82) is 0 Å². The Balaban J connectivity index is 2.12. The number of aromatic nitrogens is 2. The summed E-state index contributed by atoms with van der Waals surface area (Å²) in [5.41, 5.74) is 0.844. The minimum atomic E-state index is -1.12. The van der Waals surface area contributed by atoms with Gasteiger partial charge in [0.15, 0.2) is 0 Å². The number of carbonyl (C=O) groups excluding carboxylic acids is 1. The molecule has 0 spiro atoms. The predicted molar refractivity (Wildman–Crippen MR) is 59.9 cm³/mol. The van der Waals surface area contributed by atoms with Gasteiger partial charge < -0.3 is 15.4 Å². The number of hydrogen-bond acceptors (Lipinski definition) is 3. The van der Waals surface area contributed by atoms with Gasteiger partial charge in [0.05, 0.1) is 11.3 Å². The summed E-state index contributed by atoms with van der Waals surface area (Å²) in [6.45, 7) is 0. The molecule has 0 fully saturated rings. The van der Waals surface area contributed by atoms with Crippen molar-refractivity contribution in [3.8, 4) is 0 Å². The third-order valence-corrected chi connectivity index (χ3v) is 2.10. The Labute approximate surface area is 96.3 Å². The highest BCUT2D eigenvalue weighted by atomic mass is 16.4. The maximum absolute atomic E-state index is 11.7. The number of carbonyl (C=O) groups is 2. The Kier molecular flexibility index (Phi) is 2.87. The van der Waals surface area contributed by atoms with Gasteiger partial charge in [-0.15, -0.1) is 0 Å². The average molecular weight is 231 g/mol. The van der Waals surface area contributed by atoms with Crippen LogP contribution < -0.4 is 5.32 Å². The number of nitrogens with one attached hydrogen (secondary N) is 2. The highest BCUT2D eigenvalue weighted by Crippen LogP contribution is 2.07. The lowest BCUT2D eigenvalue weighted by Gasteiger charge is -2.02. The summed E-state index contributed by atoms with van der Waals surface area (Å²) in [6, 6.07) is 4.41. The summed E-state index contributed by atoms with van der Waals surface area (Å²) in [5.74, 6) is -1.46. The summed E-state index contributed by atoms with van der Waals surface area (Å²) in [5, 5.41) is 11.3. The van der Waals surface area contributed by atoms with Gasteiger partial charge in [-0.2, -0.15) is 0 Å². The number of hydrogen-bond donors (Lipinski definition) is 3. The molecule has 3 N–H and O–H groups in total. The van der Waals surface area contributed by atoms with Crippen molar-refractivity contribution >= 4 is 17.6 Å². The van der Waals surface area contributed by atoms with Crippen LogP contribution >= 0.6 is 0 Å². The number of nitrogens with zero attached hydrogens (tertiary/aromatic N) is 1. The van der Waals surface area contributed by atoms with Gasteiger partial charge in [-0.05, 0) is 18.2 Å². The maximum atomic E-state index is 11.7. The number of rotatable bonds is 3. The molecule has 0 saturated carbocycles. The second kappa shape index (κ2) is 4.48. The van der Waals surface area contributed by atoms with E-state index < -0.39 is 5.97 Å². The van der Waals surface area contributed by atoms with Gasteiger partial charge in [0.1, 0.15) is 5.69 Å². The van der Waals surface area contributed by atoms with Crippen LogP contribution in [0.3, 0.4) is 0 Å². The van der Waals surface area contributed by atoms with E-state index in [0.29, 0.717) is 11.3 Å². The number of aromatic amines is 1. The molecule has 0 unspecified atom stereocenters. The van der Waals surface area contributed by atoms with E-state index in [4.69, 9.17) is 5.11 Å². The molecule has 1 amide bonds. The second-order valence-electron chi connectivity index (χ2n) is 3.29. The first-order valence-corrected chi connectivity index (χ1v) is 4.80. The molecular formula is C11H9N3O3. The Morgan fingerprint density at radius 1 is 1.29 bits per heavy atom. The summed E-state index contributed by atoms with van der Waals surface area (Å²) in [6.07, 6.45) is 4.55. The van der Waals surface area contributed by atoms with E-state index >= 15 is 0 Å². The second-order valence-corrected chi connectivity index (χ2v) is 3.29. The zero-order valence-corrected chi connectivity index (χ0v) is 8.68. The predicted octanol–water partition coefficient (Wildman–Crippen LogP) is 1.36. The van der Waals surface area contributed by atoms with Crippen molar-refractivity contribution < 1.29 is 14.7 Å². The number of pyridine rings is 1. The molecular weight excluding hydrogens is 222 g/mol. The Morgan fingerprint density at radius 2 is 2.12 bits per heavy atom. The van der Waals surface area contributed by atoms with E-state index in [2.05, 4.69) is 15.3 Å². The molecule has 6 heteroatoms. The number of H-pyrrole nitrogens is 1. The molecule has 2 rings (SSSR count). The molecule has 17 heavy (non-hydrogen) atoms. The SMILES string of the molecule is O=C(Nc1cc[nH]c1)c1ccc(C(=O)O)nc1. The van der Waals surface area contributed by atoms with Gasteiger partial charge in [-0.25, -0.2) is 9.78 Å². The van der Waals surface area contributed by atoms with Gasteiger partial charge >= 0.3 is 5.97 Å². The molecule has 6 nitrogen and oxygen atoms in total. The van der Waals surface area contributed by atoms with Crippen molar-refractivity contribution in [1.82, 2.24) is 9.97 Å². The Bertz CT molecular complexity index is 532. The van der Waals surface area contributed by atoms with Crippen LogP contribution in [0.25, 0.3) is 0 Å². The minimum Gasteiger partial charge on any atom is -0.477 e. The van der Waals surface area contributed by atoms with E-state index in [1.54, 1.807) is 18.5 Å². The Hall–Kier alpha value is -2.63. The van der Waals surface area contributed by atoms with Crippen molar-refractivity contribution in [2.75, 3.05) is 5.32 Å². The van der Waals surface area contributed by atoms with Gasteiger partial charge in [0.25, 0.3) is 5.91 Å². The highest BCUT2D eigenvalue weighted by Gasteiger charge is 2.09. The van der Waals surface area contributed by atoms with Crippen LogP contribution in [0, 0.1) is 0 Å². The largest absolute Gasteiger partial charge is 0.477 e. The van der Waals surface area contributed by atoms with E-state index in [1.807, 2.05) is 0 Å². The number of anilines is 1. The third-order valence-electron chi connectivity index (χ3n) is 2.10. The number of carboxylic acid groups (broad SMARTS) is 1. The van der Waals surface area contributed by atoms with Gasteiger partial charge in [-0.3, -0.25) is 4.79 Å². The maximum Gasteiger partial charge on any atom is 0.354 e. The van der Waals surface area contributed by atoms with Crippen LogP contribution in [0.2, 0.25) is 0 Å². The number of carboxylic acids is 1. The van der Waals surface area contributed by atoms with E-state index in [9.17, 15) is 9.59 Å². The van der Waals surface area contributed by atoms with Crippen LogP contribution in [0.15, 0.2) is 36.8 Å². The topological polar surface area (TPSA) is 95.1 Å². The standard InChI is InChI=1S/C11H9N3O3/c15-10(14-8-3-4-12-6-8)7-1-2-9(11(16)17)13-5-7/h1-6,12H,(H,14,15)(H,16,17). The first-order chi connectivity index (χ1) is 8.16. The molecule has 0 aromatic carbocycles. The zero-order chi connectivity index (χ0) is 12.3. The lowest BCUT2D eigenvalue weighted by atomic mass is 10.2. The van der Waals surface area contributed by atoms with E-state index in [1.165, 1.54) is 18.3 Å². The van der Waals surface area contributed by atoms with Crippen LogP contribution in [0.4, 0.5) is 5.69 Å². The smallest absolute Gasteiger partial charge is 0.354 e. The number of amides is 1. The third kappa shape index (κ3) is 2.49. The van der Waals surface area contributed by atoms with Crippen LogP contribution in [-0.4, -0.2) is 27.0 Å². The quantitative estimate of drug-likeness (QED) is 0.743. The normalized spacial score (nSPS) is 9.88. The molecule has 0 aliphatic carbocycles. The summed E-state index contributed by atoms with van der Waals surface area (Å²) in [4.78, 5) is 28.7. The Morgan fingerprint density at radius 3 is 2.65 bits per heavy atom. The molecule has 0 saturated heterocycles. The van der Waals surface area contributed by atoms with Crippen LogP contribution in [0.5, 0.6) is 0 Å². The first-order valence-electron chi connectivity index (χ1n) is 4.80. The monoisotopic (exact) mass is 231 g/mol. The van der Waals surface area contributed by atoms with Gasteiger partial charge in [0.2, 0.25) is 0 Å². The lowest BCUT2D eigenvalue weighted by molar-refractivity contribution is 0.0690. The fourth-order valence-electron chi connectivity index (χ4n) is 1.26. The molecule has 2 aromatic rings. The van der Waals surface area contributed by atoms with Crippen LogP contribution in [-0.2, 0) is 0 Å². The molecule has 2 heterocycles. The molecule has 0 aliphatic heterocycles.